The van der Waals surface area contributed by atoms with Crippen LogP contribution in [0.1, 0.15) is 22.3 Å². The van der Waals surface area contributed by atoms with E-state index in [1.165, 1.54) is 12.1 Å². The molecule has 0 aromatic heterocycles. The summed E-state index contributed by atoms with van der Waals surface area (Å²) in [6.45, 7) is 7.61. The molecule has 0 radical (unpaired) electrons. The van der Waals surface area contributed by atoms with Crippen molar-refractivity contribution in [1.82, 2.24) is 0 Å². The smallest absolute Gasteiger partial charge is 0.132 e. The molecule has 0 fully saturated rings. The molecule has 4 rings (SSSR count). The average Bonchev–Trinajstić information content (AvgIpc) is 2.81. The Morgan fingerprint density at radius 3 is 1.20 bits per heavy atom. The molecule has 0 bridgehead atoms. The van der Waals surface area contributed by atoms with Crippen LogP contribution in [0.15, 0.2) is 92.4 Å². The van der Waals surface area contributed by atoms with Gasteiger partial charge in [0.2, 0.25) is 0 Å². The highest BCUT2D eigenvalue weighted by atomic mass is 32.2. The van der Waals surface area contributed by atoms with Gasteiger partial charge in [-0.25, -0.2) is 4.21 Å². The van der Waals surface area contributed by atoms with Gasteiger partial charge in [-0.2, -0.15) is 0 Å². The molecule has 4 aromatic rings. The van der Waals surface area contributed by atoms with Crippen molar-refractivity contribution in [2.24, 2.45) is 0 Å². The second-order valence-electron chi connectivity index (χ2n) is 8.12. The first-order chi connectivity index (χ1) is 16.6. The molecule has 5 nitrogen and oxygen atoms in total. The third kappa shape index (κ3) is 6.38. The van der Waals surface area contributed by atoms with Crippen LogP contribution in [0.5, 0.6) is 23.0 Å². The number of phenolic OH excluding ortho intramolecular Hbond substituents is 4. The Bertz CT molecular complexity index is 1230. The summed E-state index contributed by atoms with van der Waals surface area (Å²) in [7, 11) is -1.57. The topological polar surface area (TPSA) is 98.0 Å². The molecule has 0 spiro atoms. The summed E-state index contributed by atoms with van der Waals surface area (Å²) in [6, 6.07) is 20.7. The van der Waals surface area contributed by atoms with Crippen LogP contribution in [0.25, 0.3) is 0 Å². The van der Waals surface area contributed by atoms with E-state index in [1.54, 1.807) is 48.2 Å². The van der Waals surface area contributed by atoms with E-state index in [0.29, 0.717) is 21.3 Å². The van der Waals surface area contributed by atoms with Gasteiger partial charge in [0.15, 0.2) is 0 Å². The van der Waals surface area contributed by atoms with Crippen LogP contribution in [-0.2, 0) is 10.8 Å². The Kier molecular flexibility index (Phi) is 8.48. The van der Waals surface area contributed by atoms with E-state index < -0.39 is 10.8 Å². The number of hydrogen-bond donors (Lipinski definition) is 4. The van der Waals surface area contributed by atoms with Crippen molar-refractivity contribution in [2.45, 2.75) is 47.3 Å². The second-order valence-corrected chi connectivity index (χ2v) is 10.7. The van der Waals surface area contributed by atoms with E-state index in [4.69, 9.17) is 0 Å². The quantitative estimate of drug-likeness (QED) is 0.243. The van der Waals surface area contributed by atoms with Crippen LogP contribution in [0.3, 0.4) is 0 Å². The van der Waals surface area contributed by atoms with Crippen molar-refractivity contribution in [3.8, 4) is 23.0 Å². The maximum absolute atomic E-state index is 12.1. The molecule has 0 aliphatic rings. The Balaban J connectivity index is 0.000000198. The van der Waals surface area contributed by atoms with Crippen LogP contribution < -0.4 is 0 Å². The molecule has 0 amide bonds. The maximum Gasteiger partial charge on any atom is 0.132 e. The maximum atomic E-state index is 12.1. The summed E-state index contributed by atoms with van der Waals surface area (Å²) in [5.41, 5.74) is 3.54. The van der Waals surface area contributed by atoms with Gasteiger partial charge in [0.25, 0.3) is 0 Å². The predicted molar refractivity (Wildman–Crippen MR) is 140 cm³/mol. The fraction of sp³-hybridized carbons (Fsp3) is 0.143. The van der Waals surface area contributed by atoms with Gasteiger partial charge in [-0.1, -0.05) is 36.0 Å². The summed E-state index contributed by atoms with van der Waals surface area (Å²) >= 11 is 1.64. The van der Waals surface area contributed by atoms with Gasteiger partial charge >= 0.3 is 0 Å². The molecule has 0 saturated carbocycles. The van der Waals surface area contributed by atoms with Crippen molar-refractivity contribution in [1.29, 1.82) is 0 Å². The zero-order valence-corrected chi connectivity index (χ0v) is 21.6. The highest BCUT2D eigenvalue weighted by molar-refractivity contribution is 7.99. The highest BCUT2D eigenvalue weighted by Gasteiger charge is 2.14. The first kappa shape index (κ1) is 26.2. The van der Waals surface area contributed by atoms with Gasteiger partial charge in [-0.05, 0) is 98.5 Å². The number of benzene rings is 4. The molecule has 182 valence electrons. The normalized spacial score (nSPS) is 10.7. The summed E-state index contributed by atoms with van der Waals surface area (Å²) in [5, 5.41) is 38.7. The van der Waals surface area contributed by atoms with Gasteiger partial charge in [-0.3, -0.25) is 0 Å². The van der Waals surface area contributed by atoms with Crippen molar-refractivity contribution >= 4 is 22.6 Å². The van der Waals surface area contributed by atoms with Crippen molar-refractivity contribution in [3.63, 3.8) is 0 Å². The molecular weight excluding hydrogens is 480 g/mol. The standard InChI is InChI=1S/C16H18O2S.C12H10O3S/c1-9-5-13(6-10(2)15(9)17)19-14-7-11(3)16(18)12(4)8-14;13-9-5-1-3-7-11(9)16(15)12-8-4-2-6-10(12)14/h5-8,17-18H,1-4H3;1-8,13-14H. The van der Waals surface area contributed by atoms with E-state index in [0.717, 1.165) is 32.0 Å². The fourth-order valence-corrected chi connectivity index (χ4v) is 5.80. The Hall–Kier alpha value is -3.42. The van der Waals surface area contributed by atoms with Crippen LogP contribution >= 0.6 is 11.8 Å². The van der Waals surface area contributed by atoms with Crippen molar-refractivity contribution in [3.05, 3.63) is 95.1 Å². The molecule has 0 unspecified atom stereocenters. The van der Waals surface area contributed by atoms with Gasteiger partial charge in [-0.15, -0.1) is 0 Å². The number of hydrogen-bond acceptors (Lipinski definition) is 6. The van der Waals surface area contributed by atoms with Crippen LogP contribution in [0, 0.1) is 27.7 Å². The molecule has 0 saturated heterocycles. The summed E-state index contributed by atoms with van der Waals surface area (Å²) < 4.78 is 12.1. The predicted octanol–water partition coefficient (Wildman–Crippen LogP) is 6.75. The van der Waals surface area contributed by atoms with Crippen LogP contribution in [-0.4, -0.2) is 24.6 Å². The van der Waals surface area contributed by atoms with Gasteiger partial charge in [0.1, 0.15) is 23.0 Å². The lowest BCUT2D eigenvalue weighted by Crippen LogP contribution is -1.93. The molecule has 0 aliphatic heterocycles. The molecule has 4 N–H and O–H groups in total. The largest absolute Gasteiger partial charge is 0.507 e. The minimum atomic E-state index is -1.57. The lowest BCUT2D eigenvalue weighted by Gasteiger charge is -2.10. The first-order valence-electron chi connectivity index (χ1n) is 10.8. The minimum Gasteiger partial charge on any atom is -0.507 e. The number of rotatable bonds is 4. The summed E-state index contributed by atoms with van der Waals surface area (Å²) in [5.74, 6) is 0.651. The van der Waals surface area contributed by atoms with E-state index in [1.807, 2.05) is 52.0 Å². The van der Waals surface area contributed by atoms with Gasteiger partial charge < -0.3 is 20.4 Å². The average molecular weight is 509 g/mol. The number of aryl methyl sites for hydroxylation is 4. The molecule has 0 aliphatic carbocycles. The molecule has 0 heterocycles. The monoisotopic (exact) mass is 508 g/mol. The van der Waals surface area contributed by atoms with Crippen LogP contribution in [0.2, 0.25) is 0 Å². The van der Waals surface area contributed by atoms with Crippen LogP contribution in [0.4, 0.5) is 0 Å². The fourth-order valence-electron chi connectivity index (χ4n) is 3.43. The Labute approximate surface area is 212 Å². The third-order valence-corrected chi connectivity index (χ3v) is 7.73. The van der Waals surface area contributed by atoms with E-state index in [9.17, 15) is 24.6 Å². The highest BCUT2D eigenvalue weighted by Crippen LogP contribution is 2.36. The van der Waals surface area contributed by atoms with Crippen molar-refractivity contribution in [2.75, 3.05) is 0 Å². The van der Waals surface area contributed by atoms with E-state index >= 15 is 0 Å². The third-order valence-electron chi connectivity index (χ3n) is 5.29. The number of aromatic hydroxyl groups is 4. The first-order valence-corrected chi connectivity index (χ1v) is 12.8. The van der Waals surface area contributed by atoms with Gasteiger partial charge in [0.05, 0.1) is 20.6 Å². The molecule has 35 heavy (non-hydrogen) atoms. The molecule has 4 aromatic carbocycles. The zero-order valence-electron chi connectivity index (χ0n) is 19.9. The van der Waals surface area contributed by atoms with E-state index in [2.05, 4.69) is 0 Å². The lowest BCUT2D eigenvalue weighted by molar-refractivity contribution is 0.457. The number of phenols is 4. The summed E-state index contributed by atoms with van der Waals surface area (Å²) in [6.07, 6.45) is 0. The molecule has 0 atom stereocenters. The van der Waals surface area contributed by atoms with E-state index in [-0.39, 0.29) is 11.5 Å². The Morgan fingerprint density at radius 1 is 0.571 bits per heavy atom. The lowest BCUT2D eigenvalue weighted by atomic mass is 10.1. The summed E-state index contributed by atoms with van der Waals surface area (Å²) in [4.78, 5) is 2.78. The molecule has 7 heteroatoms. The van der Waals surface area contributed by atoms with Crippen molar-refractivity contribution < 1.29 is 24.6 Å². The SMILES string of the molecule is Cc1cc(Sc2cc(C)c(O)c(C)c2)cc(C)c1O.O=S(c1ccccc1O)c1ccccc1O. The second kappa shape index (κ2) is 11.3. The minimum absolute atomic E-state index is 0.0379. The van der Waals surface area contributed by atoms with Gasteiger partial charge in [0, 0.05) is 9.79 Å². The number of para-hydroxylation sites is 2. The Morgan fingerprint density at radius 2 is 0.886 bits per heavy atom. The molecular formula is C28H28O5S2. The zero-order chi connectivity index (χ0) is 25.7.